The summed E-state index contributed by atoms with van der Waals surface area (Å²) in [5.41, 5.74) is 0.878. The quantitative estimate of drug-likeness (QED) is 0.926. The molecule has 0 aliphatic heterocycles. The Morgan fingerprint density at radius 1 is 1.56 bits per heavy atom. The van der Waals surface area contributed by atoms with Gasteiger partial charge in [-0.05, 0) is 23.8 Å². The number of rotatable bonds is 3. The Morgan fingerprint density at radius 2 is 2.19 bits per heavy atom. The molecular formula is C12H12BrNO2. The van der Waals surface area contributed by atoms with E-state index in [2.05, 4.69) is 22.0 Å². The molecule has 4 heteroatoms. The maximum absolute atomic E-state index is 10.8. The van der Waals surface area contributed by atoms with Gasteiger partial charge in [0.15, 0.2) is 0 Å². The normalized spacial score (nSPS) is 10.9. The first-order valence-corrected chi connectivity index (χ1v) is 5.58. The van der Waals surface area contributed by atoms with Gasteiger partial charge >= 0.3 is 5.97 Å². The molecule has 0 aliphatic carbocycles. The largest absolute Gasteiger partial charge is 0.481 e. The van der Waals surface area contributed by atoms with Gasteiger partial charge in [-0.15, -0.1) is 0 Å². The molecule has 0 radical (unpaired) electrons. The van der Waals surface area contributed by atoms with Gasteiger partial charge in [0.1, 0.15) is 0 Å². The zero-order valence-corrected chi connectivity index (χ0v) is 10.7. The molecule has 0 atom stereocenters. The van der Waals surface area contributed by atoms with E-state index >= 15 is 0 Å². The maximum Gasteiger partial charge on any atom is 0.304 e. The number of benzene rings is 1. The Labute approximate surface area is 103 Å². The molecule has 0 fully saturated rings. The fraction of sp³-hybridized carbons (Fsp3) is 0.333. The molecule has 1 aromatic rings. The average Bonchev–Trinajstić information content (AvgIpc) is 2.16. The van der Waals surface area contributed by atoms with Crippen LogP contribution < -0.4 is 0 Å². The van der Waals surface area contributed by atoms with Crippen LogP contribution in [-0.4, -0.2) is 11.1 Å². The lowest BCUT2D eigenvalue weighted by Gasteiger charge is -2.24. The van der Waals surface area contributed by atoms with Gasteiger partial charge in [-0.3, -0.25) is 4.79 Å². The molecule has 0 spiro atoms. The van der Waals surface area contributed by atoms with E-state index in [1.165, 1.54) is 0 Å². The number of carbonyl (C=O) groups is 1. The minimum absolute atomic E-state index is 0.0283. The molecule has 0 amide bonds. The van der Waals surface area contributed by atoms with Gasteiger partial charge in [-0.1, -0.05) is 29.8 Å². The standard InChI is InChI=1S/C12H12BrNO2/c1-12(2,6-11(15)16)9-5-8(7-14)3-4-10(9)13/h3-5H,6H2,1-2H3,(H,15,16). The average molecular weight is 282 g/mol. The van der Waals surface area contributed by atoms with Crippen LogP contribution in [0, 0.1) is 11.3 Å². The molecule has 0 saturated carbocycles. The van der Waals surface area contributed by atoms with Crippen molar-refractivity contribution >= 4 is 21.9 Å². The molecule has 1 rings (SSSR count). The first-order chi connectivity index (χ1) is 7.36. The van der Waals surface area contributed by atoms with Gasteiger partial charge in [-0.25, -0.2) is 0 Å². The zero-order chi connectivity index (χ0) is 12.3. The van der Waals surface area contributed by atoms with Crippen LogP contribution in [0.3, 0.4) is 0 Å². The van der Waals surface area contributed by atoms with Gasteiger partial charge < -0.3 is 5.11 Å². The van der Waals surface area contributed by atoms with Crippen molar-refractivity contribution in [3.8, 4) is 6.07 Å². The summed E-state index contributed by atoms with van der Waals surface area (Å²) in [6.45, 7) is 3.70. The van der Waals surface area contributed by atoms with Crippen molar-refractivity contribution in [2.45, 2.75) is 25.7 Å². The van der Waals surface area contributed by atoms with Crippen LogP contribution in [-0.2, 0) is 10.2 Å². The lowest BCUT2D eigenvalue weighted by molar-refractivity contribution is -0.138. The molecule has 0 unspecified atom stereocenters. The second-order valence-corrected chi connectivity index (χ2v) is 5.12. The fourth-order valence-electron chi connectivity index (χ4n) is 1.59. The van der Waals surface area contributed by atoms with E-state index < -0.39 is 11.4 Å². The molecule has 16 heavy (non-hydrogen) atoms. The summed E-state index contributed by atoms with van der Waals surface area (Å²) in [6.07, 6.45) is 0.0283. The number of aliphatic carboxylic acids is 1. The van der Waals surface area contributed by atoms with Crippen molar-refractivity contribution in [2.24, 2.45) is 0 Å². The van der Waals surface area contributed by atoms with Crippen molar-refractivity contribution in [2.75, 3.05) is 0 Å². The third-order valence-electron chi connectivity index (χ3n) is 2.42. The van der Waals surface area contributed by atoms with Gasteiger partial charge in [0, 0.05) is 9.89 Å². The number of carboxylic acid groups (broad SMARTS) is 1. The van der Waals surface area contributed by atoms with Gasteiger partial charge in [0.2, 0.25) is 0 Å². The molecule has 3 nitrogen and oxygen atoms in total. The van der Waals surface area contributed by atoms with Gasteiger partial charge in [0.05, 0.1) is 18.1 Å². The first-order valence-electron chi connectivity index (χ1n) is 4.79. The van der Waals surface area contributed by atoms with Crippen molar-refractivity contribution < 1.29 is 9.90 Å². The summed E-state index contributed by atoms with van der Waals surface area (Å²) in [4.78, 5) is 10.8. The van der Waals surface area contributed by atoms with E-state index in [9.17, 15) is 4.79 Å². The smallest absolute Gasteiger partial charge is 0.304 e. The molecule has 0 aromatic heterocycles. The van der Waals surface area contributed by atoms with Crippen LogP contribution in [0.5, 0.6) is 0 Å². The minimum Gasteiger partial charge on any atom is -0.481 e. The first kappa shape index (κ1) is 12.7. The fourth-order valence-corrected chi connectivity index (χ4v) is 2.37. The Balaban J connectivity index is 3.21. The number of nitriles is 1. The van der Waals surface area contributed by atoms with Crippen LogP contribution in [0.1, 0.15) is 31.4 Å². The molecule has 84 valence electrons. The number of hydrogen-bond donors (Lipinski definition) is 1. The predicted octanol–water partition coefficient (Wildman–Crippen LogP) is 3.07. The van der Waals surface area contributed by atoms with E-state index in [0.29, 0.717) is 5.56 Å². The van der Waals surface area contributed by atoms with Crippen LogP contribution in [0.15, 0.2) is 22.7 Å². The van der Waals surface area contributed by atoms with E-state index in [0.717, 1.165) is 10.0 Å². The lowest BCUT2D eigenvalue weighted by Crippen LogP contribution is -2.22. The number of nitrogens with zero attached hydrogens (tertiary/aromatic N) is 1. The van der Waals surface area contributed by atoms with Gasteiger partial charge in [-0.2, -0.15) is 5.26 Å². The van der Waals surface area contributed by atoms with Crippen LogP contribution in [0.4, 0.5) is 0 Å². The van der Waals surface area contributed by atoms with Crippen molar-refractivity contribution in [1.82, 2.24) is 0 Å². The predicted molar refractivity (Wildman–Crippen MR) is 64.1 cm³/mol. The summed E-state index contributed by atoms with van der Waals surface area (Å²) in [7, 11) is 0. The van der Waals surface area contributed by atoms with E-state index in [1.807, 2.05) is 13.8 Å². The van der Waals surface area contributed by atoms with Crippen molar-refractivity contribution in [3.63, 3.8) is 0 Å². The van der Waals surface area contributed by atoms with Crippen LogP contribution >= 0.6 is 15.9 Å². The topological polar surface area (TPSA) is 61.1 Å². The number of halogens is 1. The SMILES string of the molecule is CC(C)(CC(=O)O)c1cc(C#N)ccc1Br. The summed E-state index contributed by atoms with van der Waals surface area (Å²) < 4.78 is 0.831. The Kier molecular flexibility index (Phi) is 3.71. The van der Waals surface area contributed by atoms with Gasteiger partial charge in [0.25, 0.3) is 0 Å². The monoisotopic (exact) mass is 281 g/mol. The second kappa shape index (κ2) is 4.67. The van der Waals surface area contributed by atoms with E-state index in [4.69, 9.17) is 10.4 Å². The Hall–Kier alpha value is -1.34. The highest BCUT2D eigenvalue weighted by atomic mass is 79.9. The van der Waals surface area contributed by atoms with Crippen molar-refractivity contribution in [3.05, 3.63) is 33.8 Å². The van der Waals surface area contributed by atoms with Crippen LogP contribution in [0.25, 0.3) is 0 Å². The molecule has 0 saturated heterocycles. The number of carboxylic acids is 1. The third-order valence-corrected chi connectivity index (χ3v) is 3.11. The Morgan fingerprint density at radius 3 is 2.69 bits per heavy atom. The molecule has 0 bridgehead atoms. The van der Waals surface area contributed by atoms with Crippen molar-refractivity contribution in [1.29, 1.82) is 5.26 Å². The maximum atomic E-state index is 10.8. The Bertz CT molecular complexity index is 461. The molecule has 0 heterocycles. The van der Waals surface area contributed by atoms with E-state index in [1.54, 1.807) is 18.2 Å². The zero-order valence-electron chi connectivity index (χ0n) is 9.12. The summed E-state index contributed by atoms with van der Waals surface area (Å²) in [5, 5.41) is 17.7. The highest BCUT2D eigenvalue weighted by molar-refractivity contribution is 9.10. The summed E-state index contributed by atoms with van der Waals surface area (Å²) in [5.74, 6) is -0.848. The third kappa shape index (κ3) is 2.83. The van der Waals surface area contributed by atoms with Crippen LogP contribution in [0.2, 0.25) is 0 Å². The minimum atomic E-state index is -0.848. The summed E-state index contributed by atoms with van der Waals surface area (Å²) >= 11 is 3.38. The molecular weight excluding hydrogens is 270 g/mol. The highest BCUT2D eigenvalue weighted by Crippen LogP contribution is 2.33. The second-order valence-electron chi connectivity index (χ2n) is 4.26. The lowest BCUT2D eigenvalue weighted by atomic mass is 9.81. The summed E-state index contributed by atoms with van der Waals surface area (Å²) in [6, 6.07) is 7.26. The highest BCUT2D eigenvalue weighted by Gasteiger charge is 2.26. The number of hydrogen-bond acceptors (Lipinski definition) is 2. The molecule has 1 N–H and O–H groups in total. The molecule has 1 aromatic carbocycles. The van der Waals surface area contributed by atoms with E-state index in [-0.39, 0.29) is 6.42 Å². The molecule has 0 aliphatic rings.